The van der Waals surface area contributed by atoms with Crippen LogP contribution in [0.5, 0.6) is 0 Å². The smallest absolute Gasteiger partial charge is 0.329 e. The number of sulfonamides is 1. The van der Waals surface area contributed by atoms with Crippen LogP contribution in [0.15, 0.2) is 30.3 Å². The number of nitrogens with one attached hydrogen (secondary N) is 1. The first-order valence-electron chi connectivity index (χ1n) is 14.1. The van der Waals surface area contributed by atoms with Gasteiger partial charge in [0.25, 0.3) is 5.91 Å². The molecule has 0 spiro atoms. The lowest BCUT2D eigenvalue weighted by molar-refractivity contribution is 0.0768. The fourth-order valence-corrected chi connectivity index (χ4v) is 6.59. The molecule has 1 aliphatic carbocycles. The third-order valence-corrected chi connectivity index (χ3v) is 9.14. The van der Waals surface area contributed by atoms with Crippen LogP contribution in [0, 0.1) is 18.3 Å². The Labute approximate surface area is 242 Å². The summed E-state index contributed by atoms with van der Waals surface area (Å²) in [6.07, 6.45) is 4.96. The van der Waals surface area contributed by atoms with Crippen molar-refractivity contribution < 1.29 is 22.0 Å². The van der Waals surface area contributed by atoms with Crippen LogP contribution in [0.25, 0.3) is 28.1 Å². The van der Waals surface area contributed by atoms with E-state index in [-0.39, 0.29) is 16.0 Å². The predicted octanol–water partition coefficient (Wildman–Crippen LogP) is 4.88. The molecule has 42 heavy (non-hydrogen) atoms. The number of amides is 1. The Morgan fingerprint density at radius 3 is 2.60 bits per heavy atom. The standard InChI is InChI=1S/C29H33F2N7O3S/c1-4-22-12-20(28(39)35-11-5-6-21(32)16-35)14-25-33-26(17(2)37(22)25)23-13-19-9-10-24(38(29(30)31)42(3,40)41)34-27(19)36(23)15-18-7-8-18/h9-10,12-14,18,29,32H,4-8,11,15-16H2,1-3H3. The van der Waals surface area contributed by atoms with Crippen molar-refractivity contribution in [1.29, 1.82) is 5.41 Å². The molecule has 5 heterocycles. The van der Waals surface area contributed by atoms with E-state index in [4.69, 9.17) is 10.4 Å². The van der Waals surface area contributed by atoms with Crippen molar-refractivity contribution in [3.05, 3.63) is 47.3 Å². The fourth-order valence-electron chi connectivity index (χ4n) is 5.86. The van der Waals surface area contributed by atoms with Gasteiger partial charge in [-0.1, -0.05) is 6.92 Å². The van der Waals surface area contributed by atoms with E-state index in [0.717, 1.165) is 42.6 Å². The number of piperidine rings is 1. The van der Waals surface area contributed by atoms with Gasteiger partial charge in [0.1, 0.15) is 22.8 Å². The Kier molecular flexibility index (Phi) is 7.03. The van der Waals surface area contributed by atoms with Crippen molar-refractivity contribution in [2.45, 2.75) is 59.0 Å². The summed E-state index contributed by atoms with van der Waals surface area (Å²) in [4.78, 5) is 24.5. The van der Waals surface area contributed by atoms with E-state index in [1.807, 2.05) is 34.9 Å². The van der Waals surface area contributed by atoms with Crippen LogP contribution >= 0.6 is 0 Å². The second kappa shape index (κ2) is 10.4. The van der Waals surface area contributed by atoms with E-state index < -0.39 is 16.6 Å². The zero-order valence-electron chi connectivity index (χ0n) is 23.8. The highest BCUT2D eigenvalue weighted by Gasteiger charge is 2.31. The molecule has 2 aliphatic rings. The van der Waals surface area contributed by atoms with Crippen LogP contribution in [-0.4, -0.2) is 69.8 Å². The number of likely N-dealkylation sites (tertiary alicyclic amines) is 1. The Morgan fingerprint density at radius 2 is 1.95 bits per heavy atom. The van der Waals surface area contributed by atoms with Crippen molar-refractivity contribution in [3.8, 4) is 11.4 Å². The van der Waals surface area contributed by atoms with Gasteiger partial charge in [-0.15, -0.1) is 0 Å². The van der Waals surface area contributed by atoms with Gasteiger partial charge in [-0.2, -0.15) is 13.1 Å². The number of hydrogen-bond donors (Lipinski definition) is 1. The lowest BCUT2D eigenvalue weighted by Gasteiger charge is -2.27. The number of hydrogen-bond acceptors (Lipinski definition) is 6. The second-order valence-electron chi connectivity index (χ2n) is 11.3. The van der Waals surface area contributed by atoms with Gasteiger partial charge in [0.15, 0.2) is 0 Å². The van der Waals surface area contributed by atoms with Crippen molar-refractivity contribution in [2.75, 3.05) is 23.7 Å². The molecule has 4 aromatic heterocycles. The van der Waals surface area contributed by atoms with Gasteiger partial charge in [-0.25, -0.2) is 18.4 Å². The van der Waals surface area contributed by atoms with Gasteiger partial charge >= 0.3 is 6.55 Å². The minimum Gasteiger partial charge on any atom is -0.333 e. The van der Waals surface area contributed by atoms with E-state index in [0.29, 0.717) is 72.0 Å². The first-order chi connectivity index (χ1) is 20.0. The molecule has 1 amide bonds. The molecular weight excluding hydrogens is 564 g/mol. The average molecular weight is 598 g/mol. The summed E-state index contributed by atoms with van der Waals surface area (Å²) in [6.45, 7) is 2.26. The SMILES string of the molecule is CCc1cc(C(=O)N2CCCC(=N)C2)cc2nc(-c3cc4ccc(N(C(F)F)S(C)(=O)=O)nc4n3CC3CC3)c(C)n12. The molecule has 222 valence electrons. The van der Waals surface area contributed by atoms with Crippen LogP contribution in [0.2, 0.25) is 0 Å². The van der Waals surface area contributed by atoms with Gasteiger partial charge in [0.2, 0.25) is 10.0 Å². The Morgan fingerprint density at radius 1 is 1.19 bits per heavy atom. The number of anilines is 1. The number of nitrogens with zero attached hydrogens (tertiary/aromatic N) is 6. The van der Waals surface area contributed by atoms with E-state index in [2.05, 4.69) is 4.98 Å². The van der Waals surface area contributed by atoms with Crippen LogP contribution in [0.3, 0.4) is 0 Å². The molecule has 0 atom stereocenters. The quantitative estimate of drug-likeness (QED) is 0.291. The minimum absolute atomic E-state index is 0.0343. The van der Waals surface area contributed by atoms with Crippen LogP contribution in [-0.2, 0) is 23.0 Å². The largest absolute Gasteiger partial charge is 0.333 e. The summed E-state index contributed by atoms with van der Waals surface area (Å²) >= 11 is 0. The molecule has 13 heteroatoms. The number of rotatable bonds is 8. The zero-order valence-corrected chi connectivity index (χ0v) is 24.6. The maximum Gasteiger partial charge on any atom is 0.329 e. The molecule has 1 N–H and O–H groups in total. The maximum absolute atomic E-state index is 13.8. The predicted molar refractivity (Wildman–Crippen MR) is 157 cm³/mol. The number of carbonyl (C=O) groups excluding carboxylic acids is 1. The fraction of sp³-hybridized carbons (Fsp3) is 0.448. The number of pyridine rings is 2. The number of alkyl halides is 2. The Bertz CT molecular complexity index is 1840. The molecule has 0 bridgehead atoms. The summed E-state index contributed by atoms with van der Waals surface area (Å²) in [6, 6.07) is 8.50. The third kappa shape index (κ3) is 5.03. The Hall–Kier alpha value is -3.87. The minimum atomic E-state index is -4.26. The monoisotopic (exact) mass is 597 g/mol. The number of carbonyl (C=O) groups is 1. The molecule has 0 radical (unpaired) electrons. The number of halogens is 2. The highest BCUT2D eigenvalue weighted by Crippen LogP contribution is 2.37. The van der Waals surface area contributed by atoms with Crippen molar-refractivity contribution >= 4 is 44.1 Å². The van der Waals surface area contributed by atoms with Gasteiger partial charge < -0.3 is 19.3 Å². The highest BCUT2D eigenvalue weighted by molar-refractivity contribution is 7.92. The first kappa shape index (κ1) is 28.3. The highest BCUT2D eigenvalue weighted by atomic mass is 32.2. The molecule has 0 unspecified atom stereocenters. The molecule has 2 fully saturated rings. The van der Waals surface area contributed by atoms with Crippen LogP contribution < -0.4 is 4.31 Å². The van der Waals surface area contributed by atoms with Crippen LogP contribution in [0.1, 0.15) is 54.4 Å². The summed E-state index contributed by atoms with van der Waals surface area (Å²) in [5, 5.41) is 8.72. The molecule has 1 saturated carbocycles. The molecular formula is C29H33F2N7O3S. The summed E-state index contributed by atoms with van der Waals surface area (Å²) in [5.41, 5.74) is 5.35. The van der Waals surface area contributed by atoms with Gasteiger partial charge in [0, 0.05) is 41.1 Å². The number of imidazole rings is 1. The molecule has 10 nitrogen and oxygen atoms in total. The molecule has 4 aromatic rings. The average Bonchev–Trinajstić information content (AvgIpc) is 3.61. The van der Waals surface area contributed by atoms with E-state index >= 15 is 0 Å². The molecule has 6 rings (SSSR count). The topological polar surface area (TPSA) is 117 Å². The van der Waals surface area contributed by atoms with Crippen molar-refractivity contribution in [3.63, 3.8) is 0 Å². The van der Waals surface area contributed by atoms with E-state index in [1.54, 1.807) is 17.0 Å². The van der Waals surface area contributed by atoms with E-state index in [9.17, 15) is 22.0 Å². The maximum atomic E-state index is 13.8. The van der Waals surface area contributed by atoms with E-state index in [1.165, 1.54) is 6.07 Å². The van der Waals surface area contributed by atoms with Crippen molar-refractivity contribution in [2.24, 2.45) is 5.92 Å². The number of aryl methyl sites for hydroxylation is 2. The normalized spacial score (nSPS) is 16.2. The summed E-state index contributed by atoms with van der Waals surface area (Å²) in [7, 11) is -4.26. The van der Waals surface area contributed by atoms with Gasteiger partial charge in [-0.05, 0) is 75.3 Å². The van der Waals surface area contributed by atoms with Gasteiger partial charge in [-0.3, -0.25) is 4.79 Å². The van der Waals surface area contributed by atoms with Crippen molar-refractivity contribution in [1.82, 2.24) is 23.8 Å². The first-order valence-corrected chi connectivity index (χ1v) is 16.0. The lowest BCUT2D eigenvalue weighted by Crippen LogP contribution is -2.40. The summed E-state index contributed by atoms with van der Waals surface area (Å²) in [5.74, 6) is -0.0505. The second-order valence-corrected chi connectivity index (χ2v) is 13.1. The number of aromatic nitrogens is 4. The molecule has 1 aliphatic heterocycles. The third-order valence-electron chi connectivity index (χ3n) is 8.08. The Balaban J connectivity index is 1.49. The van der Waals surface area contributed by atoms with Gasteiger partial charge in [0.05, 0.1) is 18.5 Å². The van der Waals surface area contributed by atoms with Crippen LogP contribution in [0.4, 0.5) is 14.6 Å². The summed E-state index contributed by atoms with van der Waals surface area (Å²) < 4.78 is 55.9. The molecule has 1 saturated heterocycles. The molecule has 0 aromatic carbocycles. The zero-order chi connectivity index (χ0) is 29.9. The lowest BCUT2D eigenvalue weighted by atomic mass is 10.1. The number of fused-ring (bicyclic) bond motifs is 2.